The third-order valence-corrected chi connectivity index (χ3v) is 8.49. The molecule has 1 saturated heterocycles. The maximum Gasteiger partial charge on any atom is 0.370 e. The van der Waals surface area contributed by atoms with Crippen molar-refractivity contribution >= 4 is 8.56 Å². The van der Waals surface area contributed by atoms with Gasteiger partial charge in [-0.1, -0.05) is 18.9 Å². The maximum atomic E-state index is 5.90. The summed E-state index contributed by atoms with van der Waals surface area (Å²) in [4.78, 5) is 0. The maximum absolute atomic E-state index is 5.90. The summed E-state index contributed by atoms with van der Waals surface area (Å²) in [6.07, 6.45) is 8.58. The molecule has 0 aromatic rings. The Morgan fingerprint density at radius 2 is 1.94 bits per heavy atom. The second-order valence-electron chi connectivity index (χ2n) is 4.75. The van der Waals surface area contributed by atoms with E-state index >= 15 is 0 Å². The van der Waals surface area contributed by atoms with Gasteiger partial charge in [0.2, 0.25) is 0 Å². The van der Waals surface area contributed by atoms with Gasteiger partial charge in [0.1, 0.15) is 5.22 Å². The second-order valence-corrected chi connectivity index (χ2v) is 8.48. The monoisotopic (exact) mass is 258 g/mol. The normalized spacial score (nSPS) is 27.9. The molecule has 3 nitrogen and oxygen atoms in total. The molecule has 4 heteroatoms. The van der Waals surface area contributed by atoms with Gasteiger partial charge in [-0.25, -0.2) is 0 Å². The largest absolute Gasteiger partial charge is 0.396 e. The first-order valence-corrected chi connectivity index (χ1v) is 8.49. The van der Waals surface area contributed by atoms with Crippen LogP contribution >= 0.6 is 0 Å². The highest BCUT2D eigenvalue weighted by atomic mass is 28.4. The van der Waals surface area contributed by atoms with Crippen LogP contribution in [0, 0.1) is 0 Å². The summed E-state index contributed by atoms with van der Waals surface area (Å²) < 4.78 is 17.6. The van der Waals surface area contributed by atoms with E-state index in [1.807, 2.05) is 6.08 Å². The lowest BCUT2D eigenvalue weighted by molar-refractivity contribution is -0.0155. The van der Waals surface area contributed by atoms with Crippen molar-refractivity contribution in [3.63, 3.8) is 0 Å². The molecule has 1 heterocycles. The fourth-order valence-electron chi connectivity index (χ4n) is 3.05. The number of rotatable bonds is 7. The minimum absolute atomic E-state index is 0.169. The van der Waals surface area contributed by atoms with E-state index in [4.69, 9.17) is 13.6 Å². The number of hydrogen-bond donors (Lipinski definition) is 0. The molecule has 0 radical (unpaired) electrons. The molecular formula is C13H26O3Si. The van der Waals surface area contributed by atoms with Gasteiger partial charge in [-0.2, -0.15) is 0 Å². The van der Waals surface area contributed by atoms with Gasteiger partial charge in [-0.05, 0) is 31.7 Å². The van der Waals surface area contributed by atoms with Gasteiger partial charge < -0.3 is 13.6 Å². The van der Waals surface area contributed by atoms with Gasteiger partial charge in [0, 0.05) is 21.3 Å². The van der Waals surface area contributed by atoms with E-state index in [2.05, 4.69) is 6.58 Å². The lowest BCUT2D eigenvalue weighted by atomic mass is 10.0. The van der Waals surface area contributed by atoms with Crippen LogP contribution in [0.15, 0.2) is 12.7 Å². The Bertz CT molecular complexity index is 241. The van der Waals surface area contributed by atoms with E-state index < -0.39 is 8.56 Å². The minimum atomic E-state index is -2.22. The summed E-state index contributed by atoms with van der Waals surface area (Å²) in [5.74, 6) is 0. The van der Waals surface area contributed by atoms with E-state index in [0.717, 1.165) is 31.7 Å². The molecule has 1 aliphatic heterocycles. The first-order valence-electron chi connectivity index (χ1n) is 6.46. The van der Waals surface area contributed by atoms with Crippen LogP contribution in [-0.2, 0) is 13.6 Å². The summed E-state index contributed by atoms with van der Waals surface area (Å²) in [7, 11) is 3.15. The predicted molar refractivity (Wildman–Crippen MR) is 72.2 cm³/mol. The highest BCUT2D eigenvalue weighted by molar-refractivity contribution is 6.70. The quantitative estimate of drug-likeness (QED) is 0.399. The molecule has 0 aromatic heterocycles. The van der Waals surface area contributed by atoms with Gasteiger partial charge >= 0.3 is 8.56 Å². The average molecular weight is 258 g/mol. The summed E-state index contributed by atoms with van der Waals surface area (Å²) in [6, 6.07) is 1.04. The van der Waals surface area contributed by atoms with Gasteiger partial charge in [0.25, 0.3) is 0 Å². The number of ether oxygens (including phenoxy) is 1. The van der Waals surface area contributed by atoms with Crippen LogP contribution in [-0.4, -0.2) is 35.1 Å². The highest BCUT2D eigenvalue weighted by Crippen LogP contribution is 2.42. The van der Waals surface area contributed by atoms with Crippen LogP contribution in [0.3, 0.4) is 0 Å². The van der Waals surface area contributed by atoms with Crippen molar-refractivity contribution in [2.75, 3.05) is 21.3 Å². The average Bonchev–Trinajstić information content (AvgIpc) is 2.39. The number of allylic oxidation sites excluding steroid dienone is 1. The summed E-state index contributed by atoms with van der Waals surface area (Å²) in [6.45, 7) is 3.78. The fraction of sp³-hybridized carbons (Fsp3) is 0.846. The summed E-state index contributed by atoms with van der Waals surface area (Å²) in [5, 5.41) is -0.169. The summed E-state index contributed by atoms with van der Waals surface area (Å²) >= 11 is 0. The molecule has 0 N–H and O–H groups in total. The third-order valence-electron chi connectivity index (χ3n) is 4.07. The molecule has 100 valence electrons. The van der Waals surface area contributed by atoms with E-state index in [1.54, 1.807) is 21.3 Å². The zero-order valence-electron chi connectivity index (χ0n) is 11.5. The van der Waals surface area contributed by atoms with Crippen LogP contribution in [0.2, 0.25) is 6.04 Å². The van der Waals surface area contributed by atoms with Crippen molar-refractivity contribution in [2.45, 2.75) is 49.8 Å². The Morgan fingerprint density at radius 1 is 1.24 bits per heavy atom. The molecule has 1 unspecified atom stereocenters. The van der Waals surface area contributed by atoms with E-state index in [1.165, 1.54) is 12.8 Å². The van der Waals surface area contributed by atoms with E-state index in [0.29, 0.717) is 0 Å². The molecule has 1 rings (SSSR count). The van der Waals surface area contributed by atoms with Crippen molar-refractivity contribution in [3.05, 3.63) is 12.7 Å². The first-order chi connectivity index (χ1) is 8.20. The van der Waals surface area contributed by atoms with Crippen molar-refractivity contribution in [2.24, 2.45) is 0 Å². The fourth-order valence-corrected chi connectivity index (χ4v) is 6.97. The van der Waals surface area contributed by atoms with Crippen LogP contribution < -0.4 is 0 Å². The highest BCUT2D eigenvalue weighted by Gasteiger charge is 2.58. The molecule has 0 saturated carbocycles. The molecule has 1 aliphatic rings. The Labute approximate surface area is 106 Å². The number of hydrogen-bond acceptors (Lipinski definition) is 3. The molecule has 0 aliphatic carbocycles. The first kappa shape index (κ1) is 14.9. The van der Waals surface area contributed by atoms with Crippen molar-refractivity contribution < 1.29 is 13.6 Å². The van der Waals surface area contributed by atoms with Gasteiger partial charge in [0.15, 0.2) is 0 Å². The second kappa shape index (κ2) is 6.68. The summed E-state index contributed by atoms with van der Waals surface area (Å²) in [5.41, 5.74) is 0. The predicted octanol–water partition coefficient (Wildman–Crippen LogP) is 3.19. The Kier molecular flexibility index (Phi) is 5.86. The molecule has 0 aromatic carbocycles. The van der Waals surface area contributed by atoms with Crippen LogP contribution in [0.1, 0.15) is 38.5 Å². The van der Waals surface area contributed by atoms with Crippen LogP contribution in [0.4, 0.5) is 0 Å². The van der Waals surface area contributed by atoms with E-state index in [-0.39, 0.29) is 5.22 Å². The standard InChI is InChI=1S/C13H26O3Si/c1-5-6-7-10-13(14-2)11-8-9-12-17(13,15-3)16-4/h5H,1,6-12H2,2-4H3. The number of methoxy groups -OCH3 is 1. The van der Waals surface area contributed by atoms with Crippen LogP contribution in [0.5, 0.6) is 0 Å². The van der Waals surface area contributed by atoms with Gasteiger partial charge in [-0.3, -0.25) is 0 Å². The molecule has 0 bridgehead atoms. The topological polar surface area (TPSA) is 27.7 Å². The zero-order chi connectivity index (χ0) is 12.8. The van der Waals surface area contributed by atoms with Gasteiger partial charge in [0.05, 0.1) is 0 Å². The van der Waals surface area contributed by atoms with Crippen molar-refractivity contribution in [1.82, 2.24) is 0 Å². The van der Waals surface area contributed by atoms with Crippen molar-refractivity contribution in [3.8, 4) is 0 Å². The molecular weight excluding hydrogens is 232 g/mol. The van der Waals surface area contributed by atoms with Crippen LogP contribution in [0.25, 0.3) is 0 Å². The Morgan fingerprint density at radius 3 is 2.47 bits per heavy atom. The van der Waals surface area contributed by atoms with E-state index in [9.17, 15) is 0 Å². The number of unbranched alkanes of at least 4 members (excludes halogenated alkanes) is 1. The molecule has 0 spiro atoms. The lowest BCUT2D eigenvalue weighted by Gasteiger charge is -2.48. The molecule has 1 atom stereocenters. The minimum Gasteiger partial charge on any atom is -0.396 e. The zero-order valence-corrected chi connectivity index (χ0v) is 12.5. The smallest absolute Gasteiger partial charge is 0.370 e. The lowest BCUT2D eigenvalue weighted by Crippen LogP contribution is -2.64. The third kappa shape index (κ3) is 2.81. The SMILES string of the molecule is C=CCCCC1(OC)CCCC[Si]1(OC)OC. The van der Waals surface area contributed by atoms with Crippen molar-refractivity contribution in [1.29, 1.82) is 0 Å². The molecule has 1 fully saturated rings. The van der Waals surface area contributed by atoms with Gasteiger partial charge in [-0.15, -0.1) is 6.58 Å². The Hall–Kier alpha value is -0.163. The molecule has 0 amide bonds. The molecule has 17 heavy (non-hydrogen) atoms. The Balaban J connectivity index is 2.85.